The summed E-state index contributed by atoms with van der Waals surface area (Å²) >= 11 is 0. The van der Waals surface area contributed by atoms with Gasteiger partial charge in [0.15, 0.2) is 5.60 Å². The molecule has 0 aliphatic carbocycles. The minimum absolute atomic E-state index is 0.121. The lowest BCUT2D eigenvalue weighted by atomic mass is 10.0. The number of nitrogens with one attached hydrogen (secondary N) is 1. The standard InChI is InChI=1S/C26H21F2N3O2/c1-16-11-21(8-5-18(16)14-29)30-25(32)26(2,33)15-31-10-9-22-23(28)12-19(13-24(22)31)17-3-6-20(27)7-4-17/h3-13,33H,15H2,1-2H3,(H,30,32)/t26-/m0/s1. The van der Waals surface area contributed by atoms with E-state index in [9.17, 15) is 18.7 Å². The van der Waals surface area contributed by atoms with Crippen molar-refractivity contribution in [3.05, 3.63) is 89.6 Å². The van der Waals surface area contributed by atoms with Crippen LogP contribution < -0.4 is 5.32 Å². The number of halogens is 2. The number of hydrogen-bond acceptors (Lipinski definition) is 3. The summed E-state index contributed by atoms with van der Waals surface area (Å²) in [5, 5.41) is 23.0. The van der Waals surface area contributed by atoms with E-state index in [0.29, 0.717) is 38.8 Å². The van der Waals surface area contributed by atoms with Gasteiger partial charge in [0.1, 0.15) is 11.6 Å². The number of anilines is 1. The number of nitrogens with zero attached hydrogens (tertiary/aromatic N) is 2. The molecule has 0 spiro atoms. The summed E-state index contributed by atoms with van der Waals surface area (Å²) in [5.41, 5.74) is 1.54. The lowest BCUT2D eigenvalue weighted by Crippen LogP contribution is -2.43. The van der Waals surface area contributed by atoms with Gasteiger partial charge in [-0.15, -0.1) is 0 Å². The van der Waals surface area contributed by atoms with E-state index in [1.54, 1.807) is 60.2 Å². The number of hydrogen-bond donors (Lipinski definition) is 2. The quantitative estimate of drug-likeness (QED) is 0.446. The van der Waals surface area contributed by atoms with Gasteiger partial charge in [0.2, 0.25) is 0 Å². The van der Waals surface area contributed by atoms with Crippen LogP contribution in [-0.4, -0.2) is 21.2 Å². The predicted molar refractivity (Wildman–Crippen MR) is 122 cm³/mol. The fourth-order valence-corrected chi connectivity index (χ4v) is 3.73. The molecular weight excluding hydrogens is 424 g/mol. The molecule has 0 saturated carbocycles. The summed E-state index contributed by atoms with van der Waals surface area (Å²) < 4.78 is 29.6. The highest BCUT2D eigenvalue weighted by molar-refractivity contribution is 5.97. The molecule has 4 aromatic rings. The number of nitriles is 1. The second-order valence-corrected chi connectivity index (χ2v) is 8.21. The van der Waals surface area contributed by atoms with Gasteiger partial charge in [0.05, 0.1) is 23.7 Å². The summed E-state index contributed by atoms with van der Waals surface area (Å²) in [7, 11) is 0. The van der Waals surface area contributed by atoms with E-state index in [2.05, 4.69) is 11.4 Å². The molecule has 7 heteroatoms. The van der Waals surface area contributed by atoms with Crippen molar-refractivity contribution in [2.45, 2.75) is 26.0 Å². The van der Waals surface area contributed by atoms with E-state index < -0.39 is 17.3 Å². The first-order valence-electron chi connectivity index (χ1n) is 10.3. The van der Waals surface area contributed by atoms with Crippen LogP contribution in [0.4, 0.5) is 14.5 Å². The van der Waals surface area contributed by atoms with Crippen LogP contribution >= 0.6 is 0 Å². The molecule has 1 amide bonds. The zero-order chi connectivity index (χ0) is 23.8. The van der Waals surface area contributed by atoms with Gasteiger partial charge in [-0.3, -0.25) is 4.79 Å². The number of amides is 1. The molecule has 33 heavy (non-hydrogen) atoms. The van der Waals surface area contributed by atoms with Gasteiger partial charge in [0, 0.05) is 17.3 Å². The van der Waals surface area contributed by atoms with Gasteiger partial charge in [-0.2, -0.15) is 5.26 Å². The average molecular weight is 445 g/mol. The van der Waals surface area contributed by atoms with Crippen LogP contribution in [0, 0.1) is 29.9 Å². The van der Waals surface area contributed by atoms with Crippen molar-refractivity contribution in [3.63, 3.8) is 0 Å². The maximum Gasteiger partial charge on any atom is 0.257 e. The number of benzene rings is 3. The van der Waals surface area contributed by atoms with Crippen LogP contribution in [0.25, 0.3) is 22.0 Å². The van der Waals surface area contributed by atoms with Crippen molar-refractivity contribution in [3.8, 4) is 17.2 Å². The normalized spacial score (nSPS) is 12.8. The minimum Gasteiger partial charge on any atom is -0.378 e. The topological polar surface area (TPSA) is 78.0 Å². The molecular formula is C26H21F2N3O2. The molecule has 0 aliphatic rings. The van der Waals surface area contributed by atoms with E-state index in [1.807, 2.05) is 0 Å². The maximum absolute atomic E-state index is 14.8. The maximum atomic E-state index is 14.8. The van der Waals surface area contributed by atoms with Crippen LogP contribution in [0.3, 0.4) is 0 Å². The fourth-order valence-electron chi connectivity index (χ4n) is 3.73. The van der Waals surface area contributed by atoms with Crippen molar-refractivity contribution in [2.75, 3.05) is 5.32 Å². The van der Waals surface area contributed by atoms with Crippen molar-refractivity contribution in [1.29, 1.82) is 5.26 Å². The number of rotatable bonds is 5. The summed E-state index contributed by atoms with van der Waals surface area (Å²) in [6.45, 7) is 3.01. The minimum atomic E-state index is -1.81. The Kier molecular flexibility index (Phi) is 5.71. The molecule has 4 rings (SSSR count). The monoisotopic (exact) mass is 445 g/mol. The van der Waals surface area contributed by atoms with E-state index in [-0.39, 0.29) is 12.4 Å². The van der Waals surface area contributed by atoms with Crippen LogP contribution in [0.2, 0.25) is 0 Å². The third kappa shape index (κ3) is 4.47. The molecule has 1 atom stereocenters. The van der Waals surface area contributed by atoms with Crippen molar-refractivity contribution in [1.82, 2.24) is 4.57 Å². The molecule has 0 bridgehead atoms. The van der Waals surface area contributed by atoms with Crippen LogP contribution in [0.1, 0.15) is 18.1 Å². The third-order valence-corrected chi connectivity index (χ3v) is 5.59. The van der Waals surface area contributed by atoms with Gasteiger partial charge in [0.25, 0.3) is 5.91 Å². The zero-order valence-electron chi connectivity index (χ0n) is 18.1. The van der Waals surface area contributed by atoms with Crippen molar-refractivity contribution >= 4 is 22.5 Å². The Hall–Kier alpha value is -4.02. The molecule has 0 unspecified atom stereocenters. The summed E-state index contributed by atoms with van der Waals surface area (Å²) in [5.74, 6) is -1.48. The summed E-state index contributed by atoms with van der Waals surface area (Å²) in [4.78, 5) is 12.8. The van der Waals surface area contributed by atoms with Crippen LogP contribution in [0.15, 0.2) is 66.9 Å². The largest absolute Gasteiger partial charge is 0.378 e. The second-order valence-electron chi connectivity index (χ2n) is 8.21. The van der Waals surface area contributed by atoms with Crippen LogP contribution in [-0.2, 0) is 11.3 Å². The summed E-state index contributed by atoms with van der Waals surface area (Å²) in [6.07, 6.45) is 1.61. The number of aliphatic hydroxyl groups is 1. The second kappa shape index (κ2) is 8.49. The number of aromatic nitrogens is 1. The molecule has 2 N–H and O–H groups in total. The first-order chi connectivity index (χ1) is 15.7. The predicted octanol–water partition coefficient (Wildman–Crippen LogP) is 5.16. The molecule has 0 radical (unpaired) electrons. The van der Waals surface area contributed by atoms with Gasteiger partial charge in [-0.1, -0.05) is 12.1 Å². The van der Waals surface area contributed by atoms with Gasteiger partial charge >= 0.3 is 0 Å². The molecule has 1 aromatic heterocycles. The van der Waals surface area contributed by atoms with Gasteiger partial charge in [-0.25, -0.2) is 8.78 Å². The molecule has 5 nitrogen and oxygen atoms in total. The van der Waals surface area contributed by atoms with Gasteiger partial charge in [-0.05, 0) is 79.1 Å². The van der Waals surface area contributed by atoms with Crippen LogP contribution in [0.5, 0.6) is 0 Å². The molecule has 0 aliphatic heterocycles. The zero-order valence-corrected chi connectivity index (χ0v) is 18.1. The van der Waals surface area contributed by atoms with E-state index in [1.165, 1.54) is 25.1 Å². The smallest absolute Gasteiger partial charge is 0.257 e. The SMILES string of the molecule is Cc1cc(NC(=O)[C@@](C)(O)Cn2ccc3c(F)cc(-c4ccc(F)cc4)cc32)ccc1C#N. The van der Waals surface area contributed by atoms with E-state index in [4.69, 9.17) is 5.26 Å². The molecule has 3 aromatic carbocycles. The lowest BCUT2D eigenvalue weighted by molar-refractivity contribution is -0.133. The lowest BCUT2D eigenvalue weighted by Gasteiger charge is -2.24. The number of fused-ring (bicyclic) bond motifs is 1. The van der Waals surface area contributed by atoms with E-state index >= 15 is 0 Å². The highest BCUT2D eigenvalue weighted by Gasteiger charge is 2.31. The number of carbonyl (C=O) groups is 1. The Balaban J connectivity index is 1.62. The average Bonchev–Trinajstić information content (AvgIpc) is 3.17. The fraction of sp³-hybridized carbons (Fsp3) is 0.154. The first kappa shape index (κ1) is 22.2. The Morgan fingerprint density at radius 1 is 1.09 bits per heavy atom. The molecule has 0 fully saturated rings. The van der Waals surface area contributed by atoms with E-state index in [0.717, 1.165) is 0 Å². The van der Waals surface area contributed by atoms with Crippen molar-refractivity contribution in [2.24, 2.45) is 0 Å². The Bertz CT molecular complexity index is 1400. The van der Waals surface area contributed by atoms with Gasteiger partial charge < -0.3 is 15.0 Å². The number of aryl methyl sites for hydroxylation is 1. The Morgan fingerprint density at radius 3 is 2.48 bits per heavy atom. The first-order valence-corrected chi connectivity index (χ1v) is 10.3. The Morgan fingerprint density at radius 2 is 1.82 bits per heavy atom. The number of carbonyl (C=O) groups excluding carboxylic acids is 1. The molecule has 1 heterocycles. The van der Waals surface area contributed by atoms with Crippen molar-refractivity contribution < 1.29 is 18.7 Å². The summed E-state index contributed by atoms with van der Waals surface area (Å²) in [6, 6.07) is 17.3. The Labute approximate surface area is 189 Å². The molecule has 166 valence electrons. The molecule has 0 saturated heterocycles. The highest BCUT2D eigenvalue weighted by atomic mass is 19.1. The highest BCUT2D eigenvalue weighted by Crippen LogP contribution is 2.29. The third-order valence-electron chi connectivity index (χ3n) is 5.59.